The maximum Gasteiger partial charge on any atom is 0.264 e. The molecule has 0 heterocycles. The van der Waals surface area contributed by atoms with Crippen molar-refractivity contribution in [2.45, 2.75) is 44.7 Å². The van der Waals surface area contributed by atoms with Gasteiger partial charge in [0, 0.05) is 5.02 Å². The van der Waals surface area contributed by atoms with Crippen LogP contribution in [-0.2, 0) is 10.0 Å². The van der Waals surface area contributed by atoms with Gasteiger partial charge in [0.15, 0.2) is 0 Å². The third-order valence-electron chi connectivity index (χ3n) is 6.55. The van der Waals surface area contributed by atoms with Crippen molar-refractivity contribution in [2.24, 2.45) is 5.73 Å². The van der Waals surface area contributed by atoms with Crippen molar-refractivity contribution >= 4 is 27.3 Å². The second-order valence-electron chi connectivity index (χ2n) is 9.20. The third-order valence-corrected chi connectivity index (χ3v) is 8.93. The summed E-state index contributed by atoms with van der Waals surface area (Å²) in [7, 11) is -4.05. The number of anilines is 1. The lowest BCUT2D eigenvalue weighted by atomic mass is 9.92. The lowest BCUT2D eigenvalue weighted by Crippen LogP contribution is -2.41. The highest BCUT2D eigenvalue weighted by Crippen LogP contribution is 2.44. The van der Waals surface area contributed by atoms with Gasteiger partial charge in [0.1, 0.15) is 0 Å². The average molecular weight is 519 g/mol. The van der Waals surface area contributed by atoms with Crippen molar-refractivity contribution in [3.8, 4) is 0 Å². The van der Waals surface area contributed by atoms with Crippen LogP contribution in [0.2, 0.25) is 5.02 Å². The van der Waals surface area contributed by atoms with E-state index in [-0.39, 0.29) is 4.90 Å². The van der Waals surface area contributed by atoms with Crippen molar-refractivity contribution < 1.29 is 8.42 Å². The molecule has 4 aromatic rings. The van der Waals surface area contributed by atoms with Gasteiger partial charge in [0.25, 0.3) is 10.0 Å². The number of aryl methyl sites for hydroxylation is 3. The van der Waals surface area contributed by atoms with Crippen LogP contribution in [0.4, 0.5) is 5.69 Å². The van der Waals surface area contributed by atoms with E-state index in [0.717, 1.165) is 27.8 Å². The highest BCUT2D eigenvalue weighted by Gasteiger charge is 2.39. The van der Waals surface area contributed by atoms with E-state index in [1.54, 1.807) is 12.1 Å². The zero-order valence-corrected chi connectivity index (χ0v) is 22.5. The third kappa shape index (κ3) is 4.92. The molecular formula is C30H31ClN2O2S. The fourth-order valence-corrected chi connectivity index (χ4v) is 6.64. The molecule has 6 heteroatoms. The number of nitrogens with two attached hydrogens (primary N) is 1. The van der Waals surface area contributed by atoms with Crippen molar-refractivity contribution in [1.29, 1.82) is 0 Å². The van der Waals surface area contributed by atoms with Crippen LogP contribution in [0.15, 0.2) is 95.9 Å². The predicted octanol–water partition coefficient (Wildman–Crippen LogP) is 7.21. The van der Waals surface area contributed by atoms with Gasteiger partial charge < -0.3 is 5.73 Å². The normalized spacial score (nSPS) is 13.3. The fourth-order valence-electron chi connectivity index (χ4n) is 4.72. The number of halogens is 1. The van der Waals surface area contributed by atoms with Gasteiger partial charge in [-0.05, 0) is 67.6 Å². The zero-order valence-electron chi connectivity index (χ0n) is 20.9. The first-order valence-corrected chi connectivity index (χ1v) is 13.7. The standard InChI is InChI=1S/C30H31ClN2O2S/c1-20-15-17-26(18-16-20)36(34,35)33(29-22(3)19-21(2)27(31)23(29)4)30(25-13-9-6-10-14-25)28(32)24-11-7-5-8-12-24/h5-19,28,30H,32H2,1-4H3/t28-,30-/m1/s1. The molecule has 0 unspecified atom stereocenters. The summed E-state index contributed by atoms with van der Waals surface area (Å²) in [5.41, 5.74) is 12.5. The molecule has 0 amide bonds. The number of hydrogen-bond donors (Lipinski definition) is 1. The molecule has 0 spiro atoms. The van der Waals surface area contributed by atoms with Crippen LogP contribution in [-0.4, -0.2) is 8.42 Å². The zero-order chi connectivity index (χ0) is 26.0. The van der Waals surface area contributed by atoms with Gasteiger partial charge in [-0.1, -0.05) is 96.0 Å². The van der Waals surface area contributed by atoms with Gasteiger partial charge in [0.05, 0.1) is 22.7 Å². The summed E-state index contributed by atoms with van der Waals surface area (Å²) in [5, 5.41) is 0.541. The Hall–Kier alpha value is -3.12. The molecule has 4 aromatic carbocycles. The van der Waals surface area contributed by atoms with Crippen molar-refractivity contribution in [3.05, 3.63) is 129 Å². The number of rotatable bonds is 7. The van der Waals surface area contributed by atoms with E-state index in [1.807, 2.05) is 107 Å². The van der Waals surface area contributed by atoms with Gasteiger partial charge in [-0.2, -0.15) is 0 Å². The maximum atomic E-state index is 14.5. The molecule has 0 bridgehead atoms. The van der Waals surface area contributed by atoms with Gasteiger partial charge in [-0.15, -0.1) is 0 Å². The summed E-state index contributed by atoms with van der Waals surface area (Å²) in [6, 6.07) is 26.6. The van der Waals surface area contributed by atoms with Crippen LogP contribution < -0.4 is 10.0 Å². The summed E-state index contributed by atoms with van der Waals surface area (Å²) in [5.74, 6) is 0. The first kappa shape index (κ1) is 26.0. The lowest BCUT2D eigenvalue weighted by molar-refractivity contribution is 0.538. The minimum Gasteiger partial charge on any atom is -0.322 e. The van der Waals surface area contributed by atoms with Crippen LogP contribution in [0.5, 0.6) is 0 Å². The van der Waals surface area contributed by atoms with Crippen LogP contribution in [0.3, 0.4) is 0 Å². The largest absolute Gasteiger partial charge is 0.322 e. The van der Waals surface area contributed by atoms with Gasteiger partial charge in [-0.3, -0.25) is 4.31 Å². The second-order valence-corrected chi connectivity index (χ2v) is 11.4. The number of hydrogen-bond acceptors (Lipinski definition) is 3. The molecule has 36 heavy (non-hydrogen) atoms. The van der Waals surface area contributed by atoms with E-state index < -0.39 is 22.1 Å². The van der Waals surface area contributed by atoms with Crippen molar-refractivity contribution in [2.75, 3.05) is 4.31 Å². The molecule has 0 aromatic heterocycles. The molecule has 2 atom stereocenters. The molecular weight excluding hydrogens is 488 g/mol. The van der Waals surface area contributed by atoms with Crippen LogP contribution in [0.1, 0.15) is 45.5 Å². The van der Waals surface area contributed by atoms with Crippen LogP contribution in [0, 0.1) is 27.7 Å². The molecule has 0 fully saturated rings. The number of sulfonamides is 1. The molecule has 186 valence electrons. The minimum atomic E-state index is -4.05. The Bertz CT molecular complexity index is 1450. The highest BCUT2D eigenvalue weighted by atomic mass is 35.5. The summed E-state index contributed by atoms with van der Waals surface area (Å²) in [6.07, 6.45) is 0. The Balaban J connectivity index is 2.07. The monoisotopic (exact) mass is 518 g/mol. The lowest BCUT2D eigenvalue weighted by Gasteiger charge is -2.38. The summed E-state index contributed by atoms with van der Waals surface area (Å²) in [6.45, 7) is 7.64. The van der Waals surface area contributed by atoms with Crippen LogP contribution in [0.25, 0.3) is 0 Å². The topological polar surface area (TPSA) is 63.4 Å². The van der Waals surface area contributed by atoms with Crippen molar-refractivity contribution in [1.82, 2.24) is 0 Å². The van der Waals surface area contributed by atoms with E-state index in [9.17, 15) is 8.42 Å². The quantitative estimate of drug-likeness (QED) is 0.281. The smallest absolute Gasteiger partial charge is 0.264 e. The predicted molar refractivity (Wildman–Crippen MR) is 149 cm³/mol. The molecule has 0 aliphatic heterocycles. The highest BCUT2D eigenvalue weighted by molar-refractivity contribution is 7.92. The molecule has 0 saturated carbocycles. The molecule has 0 radical (unpaired) electrons. The Morgan fingerprint density at radius 3 is 1.83 bits per heavy atom. The Morgan fingerprint density at radius 1 is 0.750 bits per heavy atom. The minimum absolute atomic E-state index is 0.199. The second kappa shape index (κ2) is 10.5. The Labute approximate surface area is 219 Å². The number of benzene rings is 4. The molecule has 0 saturated heterocycles. The summed E-state index contributed by atoms with van der Waals surface area (Å²) in [4.78, 5) is 0.199. The molecule has 2 N–H and O–H groups in total. The van der Waals surface area contributed by atoms with E-state index >= 15 is 0 Å². The van der Waals surface area contributed by atoms with Gasteiger partial charge in [-0.25, -0.2) is 8.42 Å². The average Bonchev–Trinajstić information content (AvgIpc) is 2.88. The van der Waals surface area contributed by atoms with Gasteiger partial charge in [0.2, 0.25) is 0 Å². The number of nitrogens with zero attached hydrogens (tertiary/aromatic N) is 1. The molecule has 4 nitrogen and oxygen atoms in total. The SMILES string of the molecule is Cc1ccc(S(=O)(=O)N(c2c(C)cc(C)c(Cl)c2C)[C@H](c2ccccc2)[C@H](N)c2ccccc2)cc1. The van der Waals surface area contributed by atoms with Crippen LogP contribution >= 0.6 is 11.6 Å². The first-order valence-electron chi connectivity index (χ1n) is 11.9. The molecule has 0 aliphatic rings. The van der Waals surface area contributed by atoms with E-state index in [0.29, 0.717) is 16.3 Å². The maximum absolute atomic E-state index is 14.5. The van der Waals surface area contributed by atoms with Gasteiger partial charge >= 0.3 is 0 Å². The van der Waals surface area contributed by atoms with E-state index in [2.05, 4.69) is 0 Å². The Kier molecular flexibility index (Phi) is 7.55. The first-order chi connectivity index (χ1) is 17.1. The fraction of sp³-hybridized carbons (Fsp3) is 0.200. The van der Waals surface area contributed by atoms with E-state index in [1.165, 1.54) is 4.31 Å². The summed E-state index contributed by atoms with van der Waals surface area (Å²) >= 11 is 6.71. The summed E-state index contributed by atoms with van der Waals surface area (Å²) < 4.78 is 30.5. The van der Waals surface area contributed by atoms with Crippen molar-refractivity contribution in [3.63, 3.8) is 0 Å². The molecule has 0 aliphatic carbocycles. The van der Waals surface area contributed by atoms with E-state index in [4.69, 9.17) is 17.3 Å². The Morgan fingerprint density at radius 2 is 1.28 bits per heavy atom. The molecule has 4 rings (SSSR count).